The quantitative estimate of drug-likeness (QED) is 0.473. The van der Waals surface area contributed by atoms with E-state index in [2.05, 4.69) is 11.5 Å². The van der Waals surface area contributed by atoms with E-state index in [1.54, 1.807) is 6.08 Å². The van der Waals surface area contributed by atoms with E-state index in [-0.39, 0.29) is 5.78 Å². The van der Waals surface area contributed by atoms with Gasteiger partial charge in [0.05, 0.1) is 7.11 Å². The highest BCUT2D eigenvalue weighted by atomic mass is 16.5. The maximum absolute atomic E-state index is 12.3. The Bertz CT molecular complexity index is 516. The molecule has 0 aromatic heterocycles. The van der Waals surface area contributed by atoms with Crippen molar-refractivity contribution in [2.75, 3.05) is 20.2 Å². The molecule has 0 bridgehead atoms. The predicted octanol–water partition coefficient (Wildman–Crippen LogP) is 2.20. The number of carbonyl (C=O) groups is 2. The number of methoxy groups -OCH3 is 1. The van der Waals surface area contributed by atoms with E-state index in [4.69, 9.17) is 4.74 Å². The van der Waals surface area contributed by atoms with Crippen LogP contribution in [0.15, 0.2) is 43.0 Å². The van der Waals surface area contributed by atoms with Crippen LogP contribution < -0.4 is 0 Å². The summed E-state index contributed by atoms with van der Waals surface area (Å²) >= 11 is 0. The molecular weight excluding hydrogens is 266 g/mol. The van der Waals surface area contributed by atoms with Crippen LogP contribution in [-0.4, -0.2) is 36.9 Å². The predicted molar refractivity (Wildman–Crippen MR) is 80.6 cm³/mol. The molecule has 4 nitrogen and oxygen atoms in total. The van der Waals surface area contributed by atoms with E-state index in [0.717, 1.165) is 6.54 Å². The van der Waals surface area contributed by atoms with Crippen molar-refractivity contribution in [1.29, 1.82) is 0 Å². The minimum Gasteiger partial charge on any atom is -0.468 e. The van der Waals surface area contributed by atoms with Gasteiger partial charge in [0.1, 0.15) is 5.41 Å². The van der Waals surface area contributed by atoms with Gasteiger partial charge in [0.25, 0.3) is 0 Å². The van der Waals surface area contributed by atoms with Crippen LogP contribution in [0.3, 0.4) is 0 Å². The van der Waals surface area contributed by atoms with Gasteiger partial charge in [-0.3, -0.25) is 14.5 Å². The number of benzene rings is 1. The molecular formula is C17H21NO3. The second kappa shape index (κ2) is 6.68. The van der Waals surface area contributed by atoms with Crippen molar-refractivity contribution in [1.82, 2.24) is 4.90 Å². The zero-order valence-electron chi connectivity index (χ0n) is 12.4. The summed E-state index contributed by atoms with van der Waals surface area (Å²) in [5.41, 5.74) is 0.0769. The summed E-state index contributed by atoms with van der Waals surface area (Å²) in [6.07, 6.45) is 2.32. The van der Waals surface area contributed by atoms with Crippen LogP contribution >= 0.6 is 0 Å². The first-order chi connectivity index (χ1) is 10.1. The molecule has 0 aliphatic carbocycles. The van der Waals surface area contributed by atoms with E-state index >= 15 is 0 Å². The number of esters is 1. The van der Waals surface area contributed by atoms with Crippen LogP contribution in [0, 0.1) is 5.41 Å². The molecule has 1 fully saturated rings. The monoisotopic (exact) mass is 287 g/mol. The normalized spacial score (nSPS) is 22.8. The third-order valence-electron chi connectivity index (χ3n) is 4.00. The number of piperidine rings is 1. The van der Waals surface area contributed by atoms with Crippen molar-refractivity contribution in [2.45, 2.75) is 19.4 Å². The molecule has 4 heteroatoms. The summed E-state index contributed by atoms with van der Waals surface area (Å²) in [5.74, 6) is -0.497. The average molecular weight is 287 g/mol. The van der Waals surface area contributed by atoms with Gasteiger partial charge in [-0.1, -0.05) is 36.4 Å². The number of allylic oxidation sites excluding steroid dienone is 1. The fraction of sp³-hybridized carbons (Fsp3) is 0.412. The highest BCUT2D eigenvalue weighted by Crippen LogP contribution is 2.33. The molecule has 1 aromatic rings. The number of likely N-dealkylation sites (tertiary alicyclic amines) is 1. The highest BCUT2D eigenvalue weighted by molar-refractivity contribution is 6.04. The van der Waals surface area contributed by atoms with Crippen LogP contribution in [0.2, 0.25) is 0 Å². The molecule has 1 aromatic carbocycles. The van der Waals surface area contributed by atoms with E-state index in [1.165, 1.54) is 12.7 Å². The van der Waals surface area contributed by atoms with Crippen LogP contribution in [0.1, 0.15) is 18.4 Å². The summed E-state index contributed by atoms with van der Waals surface area (Å²) in [6, 6.07) is 10.0. The lowest BCUT2D eigenvalue weighted by atomic mass is 9.75. The molecule has 0 amide bonds. The van der Waals surface area contributed by atoms with Gasteiger partial charge < -0.3 is 4.74 Å². The molecule has 0 radical (unpaired) electrons. The standard InChI is InChI=1S/C17H21NO3/c1-3-10-17(16(20)21-2)13-18(11-9-15(17)19)12-14-7-5-4-6-8-14/h3-8H,1,9-13H2,2H3/t17-/m0/s1. The Hall–Kier alpha value is -1.94. The summed E-state index contributed by atoms with van der Waals surface area (Å²) in [7, 11) is 1.33. The lowest BCUT2D eigenvalue weighted by Crippen LogP contribution is -2.53. The number of ether oxygens (including phenoxy) is 1. The zero-order chi connectivity index (χ0) is 15.3. The molecule has 21 heavy (non-hydrogen) atoms. The van der Waals surface area contributed by atoms with Crippen LogP contribution in [0.5, 0.6) is 0 Å². The lowest BCUT2D eigenvalue weighted by molar-refractivity contribution is -0.162. The van der Waals surface area contributed by atoms with Crippen molar-refractivity contribution in [3.63, 3.8) is 0 Å². The van der Waals surface area contributed by atoms with Crippen LogP contribution in [-0.2, 0) is 20.9 Å². The molecule has 1 heterocycles. The minimum absolute atomic E-state index is 0.0430. The smallest absolute Gasteiger partial charge is 0.321 e. The molecule has 1 saturated heterocycles. The van der Waals surface area contributed by atoms with Crippen molar-refractivity contribution < 1.29 is 14.3 Å². The van der Waals surface area contributed by atoms with Gasteiger partial charge >= 0.3 is 5.97 Å². The van der Waals surface area contributed by atoms with E-state index in [9.17, 15) is 9.59 Å². The van der Waals surface area contributed by atoms with Gasteiger partial charge in [0.2, 0.25) is 0 Å². The number of hydrogen-bond donors (Lipinski definition) is 0. The molecule has 0 unspecified atom stereocenters. The SMILES string of the molecule is C=CC[C@]1(C(=O)OC)CN(Cc2ccccc2)CCC1=O. The van der Waals surface area contributed by atoms with E-state index in [1.807, 2.05) is 30.3 Å². The van der Waals surface area contributed by atoms with Gasteiger partial charge in [-0.05, 0) is 12.0 Å². The fourth-order valence-electron chi connectivity index (χ4n) is 2.91. The van der Waals surface area contributed by atoms with Crippen molar-refractivity contribution in [2.24, 2.45) is 5.41 Å². The van der Waals surface area contributed by atoms with Gasteiger partial charge in [-0.2, -0.15) is 0 Å². The lowest BCUT2D eigenvalue weighted by Gasteiger charge is -2.39. The van der Waals surface area contributed by atoms with Gasteiger partial charge in [0, 0.05) is 26.1 Å². The Balaban J connectivity index is 2.19. The number of ketones is 1. The average Bonchev–Trinajstić information content (AvgIpc) is 2.51. The third kappa shape index (κ3) is 3.22. The molecule has 2 rings (SSSR count). The van der Waals surface area contributed by atoms with Crippen molar-refractivity contribution >= 4 is 11.8 Å². The summed E-state index contributed by atoms with van der Waals surface area (Å²) in [4.78, 5) is 26.6. The van der Waals surface area contributed by atoms with Gasteiger partial charge in [0.15, 0.2) is 5.78 Å². The second-order valence-corrected chi connectivity index (χ2v) is 5.44. The van der Waals surface area contributed by atoms with Crippen molar-refractivity contribution in [3.05, 3.63) is 48.6 Å². The Morgan fingerprint density at radius 2 is 2.14 bits per heavy atom. The Morgan fingerprint density at radius 1 is 1.43 bits per heavy atom. The number of Topliss-reactive ketones (excluding diaryl/α,β-unsaturated/α-hetero) is 1. The molecule has 1 aliphatic rings. The van der Waals surface area contributed by atoms with Gasteiger partial charge in [-0.15, -0.1) is 6.58 Å². The van der Waals surface area contributed by atoms with Crippen molar-refractivity contribution in [3.8, 4) is 0 Å². The topological polar surface area (TPSA) is 46.6 Å². The second-order valence-electron chi connectivity index (χ2n) is 5.44. The van der Waals surface area contributed by atoms with Crippen LogP contribution in [0.25, 0.3) is 0 Å². The van der Waals surface area contributed by atoms with E-state index in [0.29, 0.717) is 25.9 Å². The first kappa shape index (κ1) is 15.4. The van der Waals surface area contributed by atoms with Crippen LogP contribution in [0.4, 0.5) is 0 Å². The minimum atomic E-state index is -1.09. The molecule has 1 atom stereocenters. The maximum Gasteiger partial charge on any atom is 0.321 e. The molecule has 0 spiro atoms. The third-order valence-corrected chi connectivity index (χ3v) is 4.00. The number of carbonyl (C=O) groups excluding carboxylic acids is 2. The summed E-state index contributed by atoms with van der Waals surface area (Å²) in [5, 5.41) is 0. The Labute approximate surface area is 125 Å². The first-order valence-electron chi connectivity index (χ1n) is 7.11. The molecule has 0 saturated carbocycles. The largest absolute Gasteiger partial charge is 0.468 e. The number of nitrogens with zero attached hydrogens (tertiary/aromatic N) is 1. The highest BCUT2D eigenvalue weighted by Gasteiger charge is 2.49. The molecule has 1 aliphatic heterocycles. The summed E-state index contributed by atoms with van der Waals surface area (Å²) in [6.45, 7) is 5.47. The maximum atomic E-state index is 12.3. The fourth-order valence-corrected chi connectivity index (χ4v) is 2.91. The first-order valence-corrected chi connectivity index (χ1v) is 7.11. The summed E-state index contributed by atoms with van der Waals surface area (Å²) < 4.78 is 4.88. The zero-order valence-corrected chi connectivity index (χ0v) is 12.4. The Kier molecular flexibility index (Phi) is 4.91. The van der Waals surface area contributed by atoms with E-state index < -0.39 is 11.4 Å². The molecule has 0 N–H and O–H groups in total. The number of rotatable bonds is 5. The van der Waals surface area contributed by atoms with Gasteiger partial charge in [-0.25, -0.2) is 0 Å². The molecule has 112 valence electrons. The number of hydrogen-bond acceptors (Lipinski definition) is 4. The Morgan fingerprint density at radius 3 is 2.76 bits per heavy atom.